The van der Waals surface area contributed by atoms with Crippen LogP contribution >= 0.6 is 0 Å². The van der Waals surface area contributed by atoms with Gasteiger partial charge in [0.25, 0.3) is 0 Å². The molecule has 15 heavy (non-hydrogen) atoms. The quantitative estimate of drug-likeness (QED) is 0.692. The summed E-state index contributed by atoms with van der Waals surface area (Å²) in [5.41, 5.74) is 5.67. The predicted octanol–water partition coefficient (Wildman–Crippen LogP) is 0.0766. The van der Waals surface area contributed by atoms with E-state index < -0.39 is 0 Å². The monoisotopic (exact) mass is 211 g/mol. The summed E-state index contributed by atoms with van der Waals surface area (Å²) in [6.07, 6.45) is 4.74. The lowest BCUT2D eigenvalue weighted by atomic mass is 10.2. The van der Waals surface area contributed by atoms with Crippen LogP contribution in [0.3, 0.4) is 0 Å². The van der Waals surface area contributed by atoms with Crippen LogP contribution in [0.4, 0.5) is 0 Å². The minimum Gasteiger partial charge on any atom is -0.337 e. The molecule has 0 aromatic rings. The van der Waals surface area contributed by atoms with Crippen molar-refractivity contribution in [3.05, 3.63) is 0 Å². The Morgan fingerprint density at radius 2 is 2.27 bits per heavy atom. The van der Waals surface area contributed by atoms with E-state index in [9.17, 15) is 4.79 Å². The van der Waals surface area contributed by atoms with Crippen molar-refractivity contribution in [2.75, 3.05) is 13.1 Å². The molecule has 4 nitrogen and oxygen atoms in total. The number of carbonyl (C=O) groups excluding carboxylic acids is 1. The molecule has 1 saturated carbocycles. The fourth-order valence-corrected chi connectivity index (χ4v) is 2.22. The second kappa shape index (κ2) is 4.49. The van der Waals surface area contributed by atoms with Gasteiger partial charge < -0.3 is 16.0 Å². The fourth-order valence-electron chi connectivity index (χ4n) is 2.22. The van der Waals surface area contributed by atoms with Crippen molar-refractivity contribution in [3.63, 3.8) is 0 Å². The summed E-state index contributed by atoms with van der Waals surface area (Å²) in [5, 5.41) is 3.43. The fraction of sp³-hybridized carbons (Fsp3) is 0.909. The normalized spacial score (nSPS) is 27.7. The van der Waals surface area contributed by atoms with Gasteiger partial charge in [-0.2, -0.15) is 0 Å². The van der Waals surface area contributed by atoms with E-state index in [0.717, 1.165) is 25.9 Å². The van der Waals surface area contributed by atoms with Crippen LogP contribution in [-0.4, -0.2) is 42.0 Å². The topological polar surface area (TPSA) is 58.4 Å². The number of nitrogens with zero attached hydrogens (tertiary/aromatic N) is 1. The Morgan fingerprint density at radius 1 is 1.53 bits per heavy atom. The standard InChI is InChI=1S/C11H21N3O/c1-8(12)11(15)14(10-4-5-10)7-9-3-2-6-13-9/h8-10,13H,2-7,12H2,1H3. The first-order chi connectivity index (χ1) is 7.18. The summed E-state index contributed by atoms with van der Waals surface area (Å²) in [7, 11) is 0. The summed E-state index contributed by atoms with van der Waals surface area (Å²) in [4.78, 5) is 13.9. The van der Waals surface area contributed by atoms with Gasteiger partial charge in [-0.3, -0.25) is 4.79 Å². The zero-order valence-electron chi connectivity index (χ0n) is 9.41. The molecule has 2 rings (SSSR count). The number of hydrogen-bond donors (Lipinski definition) is 2. The molecule has 2 aliphatic rings. The molecular formula is C11H21N3O. The van der Waals surface area contributed by atoms with Crippen molar-refractivity contribution in [2.24, 2.45) is 5.73 Å². The molecule has 0 aromatic carbocycles. The number of carbonyl (C=O) groups is 1. The van der Waals surface area contributed by atoms with E-state index in [1.54, 1.807) is 6.92 Å². The van der Waals surface area contributed by atoms with Gasteiger partial charge in [-0.05, 0) is 39.2 Å². The molecule has 0 spiro atoms. The molecular weight excluding hydrogens is 190 g/mol. The highest BCUT2D eigenvalue weighted by molar-refractivity contribution is 5.81. The molecule has 2 fully saturated rings. The molecule has 1 saturated heterocycles. The minimum atomic E-state index is -0.355. The molecule has 0 radical (unpaired) electrons. The first-order valence-corrected chi connectivity index (χ1v) is 5.98. The molecule has 1 aliphatic carbocycles. The Kier molecular flexibility index (Phi) is 3.26. The van der Waals surface area contributed by atoms with E-state index in [4.69, 9.17) is 5.73 Å². The minimum absolute atomic E-state index is 0.117. The predicted molar refractivity (Wildman–Crippen MR) is 59.4 cm³/mol. The summed E-state index contributed by atoms with van der Waals surface area (Å²) in [6, 6.07) is 0.617. The second-order valence-electron chi connectivity index (χ2n) is 4.80. The smallest absolute Gasteiger partial charge is 0.239 e. The molecule has 1 heterocycles. The van der Waals surface area contributed by atoms with E-state index in [0.29, 0.717) is 12.1 Å². The Hall–Kier alpha value is -0.610. The maximum Gasteiger partial charge on any atom is 0.239 e. The van der Waals surface area contributed by atoms with Crippen molar-refractivity contribution in [3.8, 4) is 0 Å². The van der Waals surface area contributed by atoms with Crippen molar-refractivity contribution in [2.45, 2.75) is 50.7 Å². The van der Waals surface area contributed by atoms with Gasteiger partial charge in [-0.15, -0.1) is 0 Å². The van der Waals surface area contributed by atoms with Gasteiger partial charge in [0, 0.05) is 18.6 Å². The lowest BCUT2D eigenvalue weighted by Crippen LogP contribution is -2.48. The third kappa shape index (κ3) is 2.69. The Balaban J connectivity index is 1.90. The van der Waals surface area contributed by atoms with Crippen molar-refractivity contribution in [1.29, 1.82) is 0 Å². The van der Waals surface area contributed by atoms with Gasteiger partial charge in [-0.25, -0.2) is 0 Å². The van der Waals surface area contributed by atoms with Gasteiger partial charge in [-0.1, -0.05) is 0 Å². The molecule has 3 N–H and O–H groups in total. The molecule has 2 atom stereocenters. The summed E-state index contributed by atoms with van der Waals surface area (Å²) in [5.74, 6) is 0.117. The maximum absolute atomic E-state index is 11.9. The Labute approximate surface area is 91.2 Å². The van der Waals surface area contributed by atoms with Gasteiger partial charge in [0.15, 0.2) is 0 Å². The van der Waals surface area contributed by atoms with Crippen LogP contribution < -0.4 is 11.1 Å². The number of amides is 1. The SMILES string of the molecule is CC(N)C(=O)N(CC1CCCN1)C1CC1. The number of nitrogens with two attached hydrogens (primary N) is 1. The number of rotatable bonds is 4. The number of hydrogen-bond acceptors (Lipinski definition) is 3. The molecule has 2 unspecified atom stereocenters. The van der Waals surface area contributed by atoms with E-state index in [1.807, 2.05) is 4.90 Å². The molecule has 0 bridgehead atoms. The van der Waals surface area contributed by atoms with Crippen LogP contribution in [0.1, 0.15) is 32.6 Å². The zero-order chi connectivity index (χ0) is 10.8. The van der Waals surface area contributed by atoms with Crippen LogP contribution in [0.5, 0.6) is 0 Å². The largest absolute Gasteiger partial charge is 0.337 e. The molecule has 86 valence electrons. The second-order valence-corrected chi connectivity index (χ2v) is 4.80. The lowest BCUT2D eigenvalue weighted by Gasteiger charge is -2.27. The van der Waals surface area contributed by atoms with E-state index in [2.05, 4.69) is 5.32 Å². The van der Waals surface area contributed by atoms with Gasteiger partial charge in [0.2, 0.25) is 5.91 Å². The lowest BCUT2D eigenvalue weighted by molar-refractivity contribution is -0.133. The van der Waals surface area contributed by atoms with Gasteiger partial charge in [0.1, 0.15) is 0 Å². The van der Waals surface area contributed by atoms with Crippen LogP contribution in [0, 0.1) is 0 Å². The highest BCUT2D eigenvalue weighted by Crippen LogP contribution is 2.28. The van der Waals surface area contributed by atoms with E-state index >= 15 is 0 Å². The first-order valence-electron chi connectivity index (χ1n) is 5.98. The first kappa shape index (κ1) is 10.9. The molecule has 0 aromatic heterocycles. The Morgan fingerprint density at radius 3 is 2.73 bits per heavy atom. The van der Waals surface area contributed by atoms with Crippen molar-refractivity contribution < 1.29 is 4.79 Å². The maximum atomic E-state index is 11.9. The summed E-state index contributed by atoms with van der Waals surface area (Å²) < 4.78 is 0. The highest BCUT2D eigenvalue weighted by atomic mass is 16.2. The van der Waals surface area contributed by atoms with Crippen LogP contribution in [0.15, 0.2) is 0 Å². The molecule has 4 heteroatoms. The third-order valence-electron chi connectivity index (χ3n) is 3.24. The van der Waals surface area contributed by atoms with Crippen molar-refractivity contribution >= 4 is 5.91 Å². The number of nitrogens with one attached hydrogen (secondary N) is 1. The van der Waals surface area contributed by atoms with Crippen LogP contribution in [0.2, 0.25) is 0 Å². The van der Waals surface area contributed by atoms with Gasteiger partial charge in [0.05, 0.1) is 6.04 Å². The summed E-state index contributed by atoms with van der Waals surface area (Å²) >= 11 is 0. The highest BCUT2D eigenvalue weighted by Gasteiger charge is 2.35. The average Bonchev–Trinajstić information content (AvgIpc) is 2.92. The molecule has 1 aliphatic heterocycles. The van der Waals surface area contributed by atoms with Crippen LogP contribution in [0.25, 0.3) is 0 Å². The Bertz CT molecular complexity index is 232. The van der Waals surface area contributed by atoms with E-state index in [1.165, 1.54) is 12.8 Å². The third-order valence-corrected chi connectivity index (χ3v) is 3.24. The zero-order valence-corrected chi connectivity index (χ0v) is 9.41. The molecule has 1 amide bonds. The van der Waals surface area contributed by atoms with Crippen LogP contribution in [-0.2, 0) is 4.79 Å². The van der Waals surface area contributed by atoms with Crippen molar-refractivity contribution in [1.82, 2.24) is 10.2 Å². The van der Waals surface area contributed by atoms with Gasteiger partial charge >= 0.3 is 0 Å². The average molecular weight is 211 g/mol. The summed E-state index contributed by atoms with van der Waals surface area (Å²) in [6.45, 7) is 3.72. The van der Waals surface area contributed by atoms with E-state index in [-0.39, 0.29) is 11.9 Å².